The summed E-state index contributed by atoms with van der Waals surface area (Å²) in [5, 5.41) is 10.3. The molecule has 0 aliphatic rings. The largest absolute Gasteiger partial charge is 0.492 e. The van der Waals surface area contributed by atoms with Gasteiger partial charge in [-0.15, -0.1) is 0 Å². The summed E-state index contributed by atoms with van der Waals surface area (Å²) in [5.41, 5.74) is 6.55. The molecule has 0 heterocycles. The Balaban J connectivity index is 2.84. The number of nitrogens with two attached hydrogens (primary N) is 1. The zero-order valence-corrected chi connectivity index (χ0v) is 12.7. The van der Waals surface area contributed by atoms with E-state index in [1.807, 2.05) is 13.0 Å². The molecule has 1 unspecified atom stereocenters. The number of aryl methyl sites for hydroxylation is 1. The minimum atomic E-state index is 0.0932. The highest BCUT2D eigenvalue weighted by molar-refractivity contribution is 6.35. The summed E-state index contributed by atoms with van der Waals surface area (Å²) in [6.07, 6.45) is 2.44. The fraction of sp³-hybridized carbons (Fsp3) is 0.571. The normalized spacial score (nSPS) is 12.5. The van der Waals surface area contributed by atoms with Gasteiger partial charge in [-0.25, -0.2) is 0 Å². The van der Waals surface area contributed by atoms with Crippen LogP contribution in [-0.2, 0) is 6.42 Å². The molecule has 0 amide bonds. The number of ether oxygens (including phenoxy) is 1. The number of hydrogen-bond donors (Lipinski definition) is 2. The molecule has 0 aromatic heterocycles. The maximum Gasteiger partial charge on any atom is 0.141 e. The SMILES string of the molecule is CCCOc1c(Cl)cc(Cl)cc1CCC(CN)CO. The Morgan fingerprint density at radius 2 is 2.11 bits per heavy atom. The van der Waals surface area contributed by atoms with Gasteiger partial charge in [0.15, 0.2) is 0 Å². The summed E-state index contributed by atoms with van der Waals surface area (Å²) in [6.45, 7) is 3.22. The van der Waals surface area contributed by atoms with Gasteiger partial charge in [-0.05, 0) is 49.4 Å². The van der Waals surface area contributed by atoms with Crippen molar-refractivity contribution in [3.05, 3.63) is 27.7 Å². The predicted octanol–water partition coefficient (Wildman–Crippen LogP) is 3.28. The van der Waals surface area contributed by atoms with E-state index in [1.54, 1.807) is 6.07 Å². The highest BCUT2D eigenvalue weighted by Gasteiger charge is 2.13. The Morgan fingerprint density at radius 3 is 2.68 bits per heavy atom. The molecule has 0 radical (unpaired) electrons. The molecule has 0 aliphatic carbocycles. The number of aliphatic hydroxyl groups excluding tert-OH is 1. The van der Waals surface area contributed by atoms with Crippen LogP contribution >= 0.6 is 23.2 Å². The highest BCUT2D eigenvalue weighted by Crippen LogP contribution is 2.33. The zero-order valence-electron chi connectivity index (χ0n) is 11.2. The molecule has 19 heavy (non-hydrogen) atoms. The molecule has 1 aromatic rings. The molecule has 0 aliphatic heterocycles. The van der Waals surface area contributed by atoms with E-state index in [1.165, 1.54) is 0 Å². The molecular formula is C14H21Cl2NO2. The van der Waals surface area contributed by atoms with Crippen LogP contribution < -0.4 is 10.5 Å². The Morgan fingerprint density at radius 1 is 1.37 bits per heavy atom. The summed E-state index contributed by atoms with van der Waals surface area (Å²) in [4.78, 5) is 0. The van der Waals surface area contributed by atoms with E-state index in [9.17, 15) is 0 Å². The van der Waals surface area contributed by atoms with E-state index in [0.29, 0.717) is 28.9 Å². The van der Waals surface area contributed by atoms with Gasteiger partial charge in [-0.1, -0.05) is 30.1 Å². The summed E-state index contributed by atoms with van der Waals surface area (Å²) >= 11 is 12.2. The molecule has 3 nitrogen and oxygen atoms in total. The van der Waals surface area contributed by atoms with E-state index >= 15 is 0 Å². The number of halogens is 2. The van der Waals surface area contributed by atoms with Crippen LogP contribution in [0.25, 0.3) is 0 Å². The van der Waals surface area contributed by atoms with Crippen molar-refractivity contribution in [2.45, 2.75) is 26.2 Å². The lowest BCUT2D eigenvalue weighted by Gasteiger charge is -2.16. The molecule has 0 spiro atoms. The standard InChI is InChI=1S/C14H21Cl2NO2/c1-2-5-19-14-11(4-3-10(8-17)9-18)6-12(15)7-13(14)16/h6-7,10,18H,2-5,8-9,17H2,1H3. The molecule has 0 fully saturated rings. The van der Waals surface area contributed by atoms with Crippen LogP contribution in [0.15, 0.2) is 12.1 Å². The average molecular weight is 306 g/mol. The molecule has 1 rings (SSSR count). The topological polar surface area (TPSA) is 55.5 Å². The Bertz CT molecular complexity index is 395. The van der Waals surface area contributed by atoms with Crippen LogP contribution in [0, 0.1) is 5.92 Å². The van der Waals surface area contributed by atoms with Gasteiger partial charge >= 0.3 is 0 Å². The van der Waals surface area contributed by atoms with E-state index in [0.717, 1.165) is 24.8 Å². The van der Waals surface area contributed by atoms with Gasteiger partial charge < -0.3 is 15.6 Å². The average Bonchev–Trinajstić information content (AvgIpc) is 2.38. The van der Waals surface area contributed by atoms with Gasteiger partial charge in [0.25, 0.3) is 0 Å². The molecule has 3 N–H and O–H groups in total. The van der Waals surface area contributed by atoms with Crippen molar-refractivity contribution in [3.8, 4) is 5.75 Å². The van der Waals surface area contributed by atoms with Gasteiger partial charge in [0.05, 0.1) is 11.6 Å². The van der Waals surface area contributed by atoms with Crippen molar-refractivity contribution in [2.24, 2.45) is 11.7 Å². The number of rotatable bonds is 8. The maximum atomic E-state index is 9.16. The van der Waals surface area contributed by atoms with Crippen molar-refractivity contribution in [1.82, 2.24) is 0 Å². The summed E-state index contributed by atoms with van der Waals surface area (Å²) in [6, 6.07) is 3.55. The molecule has 0 bridgehead atoms. The van der Waals surface area contributed by atoms with Crippen molar-refractivity contribution in [1.29, 1.82) is 0 Å². The first-order valence-electron chi connectivity index (χ1n) is 6.54. The van der Waals surface area contributed by atoms with E-state index in [2.05, 4.69) is 0 Å². The van der Waals surface area contributed by atoms with Gasteiger partial charge in [0.2, 0.25) is 0 Å². The molecular weight excluding hydrogens is 285 g/mol. The fourth-order valence-corrected chi connectivity index (χ4v) is 2.40. The van der Waals surface area contributed by atoms with Crippen molar-refractivity contribution < 1.29 is 9.84 Å². The quantitative estimate of drug-likeness (QED) is 0.775. The number of hydrogen-bond acceptors (Lipinski definition) is 3. The summed E-state index contributed by atoms with van der Waals surface area (Å²) in [7, 11) is 0. The first-order valence-corrected chi connectivity index (χ1v) is 7.29. The maximum absolute atomic E-state index is 9.16. The second kappa shape index (κ2) is 8.64. The molecule has 1 aromatic carbocycles. The van der Waals surface area contributed by atoms with Crippen LogP contribution in [0.3, 0.4) is 0 Å². The third kappa shape index (κ3) is 5.19. The number of benzene rings is 1. The third-order valence-corrected chi connectivity index (χ3v) is 3.45. The van der Waals surface area contributed by atoms with Crippen LogP contribution in [0.5, 0.6) is 5.75 Å². The first-order chi connectivity index (χ1) is 9.12. The van der Waals surface area contributed by atoms with Crippen molar-refractivity contribution in [2.75, 3.05) is 19.8 Å². The second-order valence-corrected chi connectivity index (χ2v) is 5.39. The Kier molecular flexibility index (Phi) is 7.54. The number of aliphatic hydroxyl groups is 1. The monoisotopic (exact) mass is 305 g/mol. The summed E-state index contributed by atoms with van der Waals surface area (Å²) in [5.74, 6) is 0.790. The van der Waals surface area contributed by atoms with Gasteiger partial charge in [0, 0.05) is 11.6 Å². The lowest BCUT2D eigenvalue weighted by molar-refractivity contribution is 0.222. The van der Waals surface area contributed by atoms with Gasteiger partial charge in [-0.3, -0.25) is 0 Å². The predicted molar refractivity (Wildman–Crippen MR) is 80.2 cm³/mol. The first kappa shape index (κ1) is 16.6. The molecule has 1 atom stereocenters. The lowest BCUT2D eigenvalue weighted by atomic mass is 9.99. The van der Waals surface area contributed by atoms with E-state index in [-0.39, 0.29) is 12.5 Å². The lowest BCUT2D eigenvalue weighted by Crippen LogP contribution is -2.18. The minimum absolute atomic E-state index is 0.0932. The van der Waals surface area contributed by atoms with E-state index in [4.69, 9.17) is 38.8 Å². The van der Waals surface area contributed by atoms with Crippen LogP contribution in [0.1, 0.15) is 25.3 Å². The highest BCUT2D eigenvalue weighted by atomic mass is 35.5. The van der Waals surface area contributed by atoms with Crippen LogP contribution in [-0.4, -0.2) is 24.9 Å². The molecule has 5 heteroatoms. The van der Waals surface area contributed by atoms with E-state index < -0.39 is 0 Å². The fourth-order valence-electron chi connectivity index (χ4n) is 1.81. The van der Waals surface area contributed by atoms with Crippen LogP contribution in [0.4, 0.5) is 0 Å². The third-order valence-electron chi connectivity index (χ3n) is 2.95. The van der Waals surface area contributed by atoms with Crippen LogP contribution in [0.2, 0.25) is 10.0 Å². The second-order valence-electron chi connectivity index (χ2n) is 4.55. The van der Waals surface area contributed by atoms with Crippen molar-refractivity contribution >= 4 is 23.2 Å². The molecule has 108 valence electrons. The summed E-state index contributed by atoms with van der Waals surface area (Å²) < 4.78 is 5.69. The Hall–Kier alpha value is -0.480. The van der Waals surface area contributed by atoms with Gasteiger partial charge in [-0.2, -0.15) is 0 Å². The Labute approximate surface area is 124 Å². The zero-order chi connectivity index (χ0) is 14.3. The molecule has 0 saturated heterocycles. The minimum Gasteiger partial charge on any atom is -0.492 e. The smallest absolute Gasteiger partial charge is 0.141 e. The van der Waals surface area contributed by atoms with Gasteiger partial charge in [0.1, 0.15) is 5.75 Å². The van der Waals surface area contributed by atoms with Crippen molar-refractivity contribution in [3.63, 3.8) is 0 Å². The molecule has 0 saturated carbocycles.